The third-order valence-corrected chi connectivity index (χ3v) is 4.21. The van der Waals surface area contributed by atoms with E-state index in [0.29, 0.717) is 6.61 Å². The standard InChI is InChI=1S/C17H23FN2O4/c1-3-15-13(4-5-24-15)10-6-11(8-12(18)7-10)16(21)20-9-14(19)17(22)23-2/h6-8,13-15H,3-5,9,19H2,1-2H3,(H,20,21)/t13-,14-,15+/m1/s1. The molecule has 24 heavy (non-hydrogen) atoms. The largest absolute Gasteiger partial charge is 0.468 e. The van der Waals surface area contributed by atoms with Crippen LogP contribution in [0, 0.1) is 5.82 Å². The Morgan fingerprint density at radius 1 is 1.46 bits per heavy atom. The summed E-state index contributed by atoms with van der Waals surface area (Å²) in [6, 6.07) is 3.32. The van der Waals surface area contributed by atoms with Crippen LogP contribution in [0.1, 0.15) is 41.6 Å². The van der Waals surface area contributed by atoms with Crippen molar-refractivity contribution < 1.29 is 23.5 Å². The molecule has 0 radical (unpaired) electrons. The van der Waals surface area contributed by atoms with Crippen LogP contribution in [-0.2, 0) is 14.3 Å². The van der Waals surface area contributed by atoms with Gasteiger partial charge in [-0.15, -0.1) is 0 Å². The number of amides is 1. The second-order valence-corrected chi connectivity index (χ2v) is 5.83. The molecule has 1 amide bonds. The molecule has 0 aliphatic carbocycles. The maximum absolute atomic E-state index is 13.9. The average Bonchev–Trinajstić information content (AvgIpc) is 3.06. The first-order valence-electron chi connectivity index (χ1n) is 8.00. The van der Waals surface area contributed by atoms with E-state index in [1.165, 1.54) is 19.2 Å². The molecular weight excluding hydrogens is 315 g/mol. The minimum absolute atomic E-state index is 0.0375. The van der Waals surface area contributed by atoms with E-state index in [9.17, 15) is 14.0 Å². The first-order chi connectivity index (χ1) is 11.5. The van der Waals surface area contributed by atoms with Crippen LogP contribution < -0.4 is 11.1 Å². The van der Waals surface area contributed by atoms with E-state index in [-0.39, 0.29) is 24.1 Å². The van der Waals surface area contributed by atoms with Crippen LogP contribution >= 0.6 is 0 Å². The van der Waals surface area contributed by atoms with Gasteiger partial charge in [-0.3, -0.25) is 9.59 Å². The lowest BCUT2D eigenvalue weighted by molar-refractivity contribution is -0.141. The van der Waals surface area contributed by atoms with Crippen molar-refractivity contribution in [3.63, 3.8) is 0 Å². The monoisotopic (exact) mass is 338 g/mol. The fourth-order valence-electron chi connectivity index (χ4n) is 2.93. The number of benzene rings is 1. The normalized spacial score (nSPS) is 21.3. The molecule has 0 spiro atoms. The molecule has 2 rings (SSSR count). The molecule has 0 unspecified atom stereocenters. The topological polar surface area (TPSA) is 90.6 Å². The number of nitrogens with one attached hydrogen (secondary N) is 1. The highest BCUT2D eigenvalue weighted by Gasteiger charge is 2.29. The molecule has 0 bridgehead atoms. The molecule has 7 heteroatoms. The number of nitrogens with two attached hydrogens (primary N) is 1. The molecule has 1 fully saturated rings. The van der Waals surface area contributed by atoms with Crippen molar-refractivity contribution in [3.05, 3.63) is 35.1 Å². The summed E-state index contributed by atoms with van der Waals surface area (Å²) >= 11 is 0. The van der Waals surface area contributed by atoms with Crippen LogP contribution in [0.25, 0.3) is 0 Å². The molecule has 1 aliphatic rings. The van der Waals surface area contributed by atoms with Gasteiger partial charge in [0, 0.05) is 24.6 Å². The van der Waals surface area contributed by atoms with Gasteiger partial charge in [-0.25, -0.2) is 4.39 Å². The first-order valence-corrected chi connectivity index (χ1v) is 8.00. The predicted molar refractivity (Wildman–Crippen MR) is 86.1 cm³/mol. The lowest BCUT2D eigenvalue weighted by atomic mass is 9.90. The van der Waals surface area contributed by atoms with Gasteiger partial charge in [-0.05, 0) is 36.6 Å². The van der Waals surface area contributed by atoms with Crippen molar-refractivity contribution >= 4 is 11.9 Å². The van der Waals surface area contributed by atoms with Gasteiger partial charge in [0.15, 0.2) is 0 Å². The summed E-state index contributed by atoms with van der Waals surface area (Å²) in [5, 5.41) is 2.52. The number of rotatable bonds is 6. The second-order valence-electron chi connectivity index (χ2n) is 5.83. The van der Waals surface area contributed by atoms with E-state index >= 15 is 0 Å². The van der Waals surface area contributed by atoms with E-state index in [1.54, 1.807) is 6.07 Å². The predicted octanol–water partition coefficient (Wildman–Crippen LogP) is 1.34. The smallest absolute Gasteiger partial charge is 0.324 e. The van der Waals surface area contributed by atoms with Gasteiger partial charge in [-0.2, -0.15) is 0 Å². The van der Waals surface area contributed by atoms with Crippen LogP contribution in [0.15, 0.2) is 18.2 Å². The van der Waals surface area contributed by atoms with Gasteiger partial charge in [0.2, 0.25) is 0 Å². The van der Waals surface area contributed by atoms with Gasteiger partial charge in [-0.1, -0.05) is 6.92 Å². The Bertz CT molecular complexity index is 608. The van der Waals surface area contributed by atoms with Crippen LogP contribution in [0.4, 0.5) is 4.39 Å². The maximum atomic E-state index is 13.9. The van der Waals surface area contributed by atoms with Crippen molar-refractivity contribution in [2.24, 2.45) is 5.73 Å². The minimum atomic E-state index is -0.959. The molecule has 1 saturated heterocycles. The second kappa shape index (κ2) is 8.21. The number of methoxy groups -OCH3 is 1. The summed E-state index contributed by atoms with van der Waals surface area (Å²) < 4.78 is 24.1. The minimum Gasteiger partial charge on any atom is -0.468 e. The van der Waals surface area contributed by atoms with Crippen LogP contribution in [0.5, 0.6) is 0 Å². The summed E-state index contributed by atoms with van der Waals surface area (Å²) in [6.07, 6.45) is 1.67. The van der Waals surface area contributed by atoms with E-state index in [0.717, 1.165) is 18.4 Å². The van der Waals surface area contributed by atoms with Gasteiger partial charge in [0.1, 0.15) is 11.9 Å². The number of carbonyl (C=O) groups excluding carboxylic acids is 2. The molecule has 1 aromatic rings. The van der Waals surface area contributed by atoms with Gasteiger partial charge >= 0.3 is 5.97 Å². The number of esters is 1. The summed E-state index contributed by atoms with van der Waals surface area (Å²) in [5.74, 6) is -1.50. The Morgan fingerprint density at radius 3 is 2.88 bits per heavy atom. The Hall–Kier alpha value is -1.99. The van der Waals surface area contributed by atoms with Gasteiger partial charge in [0.05, 0.1) is 13.2 Å². The average molecular weight is 338 g/mol. The zero-order valence-corrected chi connectivity index (χ0v) is 13.9. The number of ether oxygens (including phenoxy) is 2. The zero-order valence-electron chi connectivity index (χ0n) is 13.9. The molecular formula is C17H23FN2O4. The Kier molecular flexibility index (Phi) is 6.28. The molecule has 0 saturated carbocycles. The lowest BCUT2D eigenvalue weighted by Gasteiger charge is -2.18. The molecule has 3 N–H and O–H groups in total. The van der Waals surface area contributed by atoms with E-state index in [4.69, 9.17) is 10.5 Å². The van der Waals surface area contributed by atoms with Crippen molar-refractivity contribution in [3.8, 4) is 0 Å². The molecule has 0 aromatic heterocycles. The number of hydrogen-bond donors (Lipinski definition) is 2. The third kappa shape index (κ3) is 4.30. The molecule has 1 aromatic carbocycles. The molecule has 3 atom stereocenters. The van der Waals surface area contributed by atoms with Crippen molar-refractivity contribution in [2.75, 3.05) is 20.3 Å². The maximum Gasteiger partial charge on any atom is 0.324 e. The SMILES string of the molecule is CC[C@@H]1OCC[C@@H]1c1cc(F)cc(C(=O)NC[C@@H](N)C(=O)OC)c1. The van der Waals surface area contributed by atoms with E-state index < -0.39 is 23.7 Å². The van der Waals surface area contributed by atoms with Crippen LogP contribution in [0.3, 0.4) is 0 Å². The van der Waals surface area contributed by atoms with Crippen LogP contribution in [0.2, 0.25) is 0 Å². The van der Waals surface area contributed by atoms with Gasteiger partial charge in [0.25, 0.3) is 5.91 Å². The number of carbonyl (C=O) groups is 2. The first kappa shape index (κ1) is 18.4. The fourth-order valence-corrected chi connectivity index (χ4v) is 2.93. The highest BCUT2D eigenvalue weighted by molar-refractivity contribution is 5.94. The van der Waals surface area contributed by atoms with Crippen molar-refractivity contribution in [1.82, 2.24) is 5.32 Å². The van der Waals surface area contributed by atoms with Crippen molar-refractivity contribution in [1.29, 1.82) is 0 Å². The lowest BCUT2D eigenvalue weighted by Crippen LogP contribution is -2.43. The number of halogens is 1. The van der Waals surface area contributed by atoms with E-state index in [2.05, 4.69) is 10.1 Å². The Morgan fingerprint density at radius 2 is 2.21 bits per heavy atom. The van der Waals surface area contributed by atoms with Crippen molar-refractivity contribution in [2.45, 2.75) is 37.8 Å². The summed E-state index contributed by atoms with van der Waals surface area (Å²) in [7, 11) is 1.22. The highest BCUT2D eigenvalue weighted by atomic mass is 19.1. The number of hydrogen-bond acceptors (Lipinski definition) is 5. The zero-order chi connectivity index (χ0) is 17.7. The highest BCUT2D eigenvalue weighted by Crippen LogP contribution is 2.33. The molecule has 6 nitrogen and oxygen atoms in total. The fraction of sp³-hybridized carbons (Fsp3) is 0.529. The quantitative estimate of drug-likeness (QED) is 0.764. The third-order valence-electron chi connectivity index (χ3n) is 4.21. The molecule has 1 heterocycles. The molecule has 1 aliphatic heterocycles. The Labute approximate surface area is 140 Å². The summed E-state index contributed by atoms with van der Waals surface area (Å²) in [5.41, 5.74) is 6.52. The van der Waals surface area contributed by atoms with Gasteiger partial charge < -0.3 is 20.5 Å². The van der Waals surface area contributed by atoms with Crippen LogP contribution in [-0.4, -0.2) is 44.3 Å². The van der Waals surface area contributed by atoms with E-state index in [1.807, 2.05) is 6.92 Å². The summed E-state index contributed by atoms with van der Waals surface area (Å²) in [6.45, 7) is 2.57. The molecule has 132 valence electrons. The summed E-state index contributed by atoms with van der Waals surface area (Å²) in [4.78, 5) is 23.5. The Balaban J connectivity index is 2.10.